The quantitative estimate of drug-likeness (QED) is 0.757. The molecule has 0 aromatic rings. The summed E-state index contributed by atoms with van der Waals surface area (Å²) >= 11 is 3.54. The molecular formula is C9H17BrN2O4S. The Morgan fingerprint density at radius 1 is 1.35 bits per heavy atom. The van der Waals surface area contributed by atoms with Gasteiger partial charge in [0.15, 0.2) is 0 Å². The molecule has 0 aliphatic heterocycles. The Balaban J connectivity index is 2.32. The highest BCUT2D eigenvalue weighted by atomic mass is 79.9. The van der Waals surface area contributed by atoms with E-state index >= 15 is 0 Å². The number of hydrogen-bond donors (Lipinski definition) is 2. The number of alkyl halides is 1. The van der Waals surface area contributed by atoms with Gasteiger partial charge in [-0.3, -0.25) is 0 Å². The number of ether oxygens (including phenoxy) is 1. The topological polar surface area (TPSA) is 84.5 Å². The summed E-state index contributed by atoms with van der Waals surface area (Å²) in [6.45, 7) is 0.353. The highest BCUT2D eigenvalue weighted by Crippen LogP contribution is 2.28. The van der Waals surface area contributed by atoms with E-state index < -0.39 is 16.3 Å². The van der Waals surface area contributed by atoms with Gasteiger partial charge >= 0.3 is 16.3 Å². The second-order valence-electron chi connectivity index (χ2n) is 4.06. The van der Waals surface area contributed by atoms with E-state index in [-0.39, 0.29) is 0 Å². The van der Waals surface area contributed by atoms with Gasteiger partial charge in [0.2, 0.25) is 0 Å². The fourth-order valence-electron chi connectivity index (χ4n) is 1.74. The zero-order valence-electron chi connectivity index (χ0n) is 9.61. The van der Waals surface area contributed by atoms with Crippen molar-refractivity contribution in [3.8, 4) is 0 Å². The van der Waals surface area contributed by atoms with E-state index in [0.717, 1.165) is 32.8 Å². The summed E-state index contributed by atoms with van der Waals surface area (Å²) in [4.78, 5) is 11.3. The van der Waals surface area contributed by atoms with Crippen LogP contribution in [0.15, 0.2) is 0 Å². The molecule has 8 heteroatoms. The van der Waals surface area contributed by atoms with Crippen LogP contribution in [-0.4, -0.2) is 33.0 Å². The summed E-state index contributed by atoms with van der Waals surface area (Å²) < 4.78 is 31.1. The van der Waals surface area contributed by atoms with Gasteiger partial charge < -0.3 is 4.74 Å². The first-order valence-electron chi connectivity index (χ1n) is 5.42. The van der Waals surface area contributed by atoms with E-state index in [1.54, 1.807) is 4.72 Å². The summed E-state index contributed by atoms with van der Waals surface area (Å²) in [7, 11) is -2.68. The van der Waals surface area contributed by atoms with Gasteiger partial charge in [-0.15, -0.1) is 0 Å². The first-order chi connectivity index (χ1) is 7.93. The SMILES string of the molecule is COC(=O)NS(=O)(=O)NCC1CCC(Br)CC1. The molecule has 1 amide bonds. The number of amides is 1. The number of carbonyl (C=O) groups is 1. The Labute approximate surface area is 110 Å². The molecule has 0 heterocycles. The molecule has 0 unspecified atom stereocenters. The summed E-state index contributed by atoms with van der Waals surface area (Å²) in [5, 5.41) is 0. The van der Waals surface area contributed by atoms with Crippen LogP contribution in [0.2, 0.25) is 0 Å². The molecule has 1 saturated carbocycles. The van der Waals surface area contributed by atoms with Gasteiger partial charge in [-0.2, -0.15) is 13.1 Å². The molecule has 6 nitrogen and oxygen atoms in total. The third-order valence-electron chi connectivity index (χ3n) is 2.74. The molecule has 0 bridgehead atoms. The Morgan fingerprint density at radius 3 is 2.47 bits per heavy atom. The minimum Gasteiger partial charge on any atom is -0.452 e. The summed E-state index contributed by atoms with van der Waals surface area (Å²) in [6.07, 6.45) is 3.09. The Morgan fingerprint density at radius 2 is 1.94 bits per heavy atom. The molecule has 0 saturated heterocycles. The maximum Gasteiger partial charge on any atom is 0.421 e. The predicted molar refractivity (Wildman–Crippen MR) is 67.1 cm³/mol. The van der Waals surface area contributed by atoms with Crippen LogP contribution in [-0.2, 0) is 14.9 Å². The largest absolute Gasteiger partial charge is 0.452 e. The standard InChI is InChI=1S/C9H17BrN2O4S/c1-16-9(13)12-17(14,15)11-6-7-2-4-8(10)5-3-7/h7-8,11H,2-6H2,1H3,(H,12,13). The molecule has 0 aromatic heterocycles. The molecule has 100 valence electrons. The molecule has 1 rings (SSSR count). The van der Waals surface area contributed by atoms with E-state index in [2.05, 4.69) is 25.4 Å². The average molecular weight is 329 g/mol. The molecule has 1 aliphatic rings. The maximum atomic E-state index is 11.4. The van der Waals surface area contributed by atoms with E-state index in [1.807, 2.05) is 0 Å². The summed E-state index contributed by atoms with van der Waals surface area (Å²) in [5.41, 5.74) is 0. The Kier molecular flexibility index (Phi) is 5.68. The lowest BCUT2D eigenvalue weighted by Crippen LogP contribution is -2.42. The van der Waals surface area contributed by atoms with Crippen molar-refractivity contribution in [3.05, 3.63) is 0 Å². The average Bonchev–Trinajstić information content (AvgIpc) is 2.28. The lowest BCUT2D eigenvalue weighted by atomic mass is 9.89. The number of halogens is 1. The van der Waals surface area contributed by atoms with Crippen LogP contribution in [0.1, 0.15) is 25.7 Å². The van der Waals surface area contributed by atoms with Gasteiger partial charge in [0.1, 0.15) is 0 Å². The number of methoxy groups -OCH3 is 1. The number of nitrogens with one attached hydrogen (secondary N) is 2. The molecule has 1 fully saturated rings. The van der Waals surface area contributed by atoms with Gasteiger partial charge in [-0.25, -0.2) is 9.52 Å². The lowest BCUT2D eigenvalue weighted by molar-refractivity contribution is 0.177. The third-order valence-corrected chi connectivity index (χ3v) is 4.64. The van der Waals surface area contributed by atoms with Crippen molar-refractivity contribution in [3.63, 3.8) is 0 Å². The molecule has 1 aliphatic carbocycles. The molecule has 0 spiro atoms. The molecule has 0 atom stereocenters. The lowest BCUT2D eigenvalue weighted by Gasteiger charge is -2.25. The minimum atomic E-state index is -3.79. The van der Waals surface area contributed by atoms with Crippen molar-refractivity contribution < 1.29 is 17.9 Å². The summed E-state index contributed by atoms with van der Waals surface area (Å²) in [5.74, 6) is 0.332. The zero-order valence-corrected chi connectivity index (χ0v) is 12.0. The highest BCUT2D eigenvalue weighted by molar-refractivity contribution is 9.09. The monoisotopic (exact) mass is 328 g/mol. The molecule has 0 aromatic carbocycles. The predicted octanol–water partition coefficient (Wildman–Crippen LogP) is 1.13. The van der Waals surface area contributed by atoms with Crippen LogP contribution >= 0.6 is 15.9 Å². The van der Waals surface area contributed by atoms with Crippen LogP contribution in [0.3, 0.4) is 0 Å². The van der Waals surface area contributed by atoms with E-state index in [1.165, 1.54) is 0 Å². The smallest absolute Gasteiger partial charge is 0.421 e. The van der Waals surface area contributed by atoms with Crippen molar-refractivity contribution in [2.75, 3.05) is 13.7 Å². The fourth-order valence-corrected chi connectivity index (χ4v) is 3.10. The van der Waals surface area contributed by atoms with Gasteiger partial charge in [-0.1, -0.05) is 15.9 Å². The van der Waals surface area contributed by atoms with Crippen molar-refractivity contribution in [1.29, 1.82) is 0 Å². The van der Waals surface area contributed by atoms with Crippen LogP contribution in [0, 0.1) is 5.92 Å². The van der Waals surface area contributed by atoms with Gasteiger partial charge in [0, 0.05) is 11.4 Å². The molecule has 2 N–H and O–H groups in total. The molecule has 17 heavy (non-hydrogen) atoms. The normalized spacial score (nSPS) is 25.3. The van der Waals surface area contributed by atoms with Crippen LogP contribution in [0.4, 0.5) is 4.79 Å². The van der Waals surface area contributed by atoms with Gasteiger partial charge in [0.25, 0.3) is 0 Å². The van der Waals surface area contributed by atoms with Crippen molar-refractivity contribution >= 4 is 32.2 Å². The first kappa shape index (κ1) is 14.7. The first-order valence-corrected chi connectivity index (χ1v) is 7.82. The zero-order chi connectivity index (χ0) is 12.9. The highest BCUT2D eigenvalue weighted by Gasteiger charge is 2.21. The molecular weight excluding hydrogens is 312 g/mol. The number of hydrogen-bond acceptors (Lipinski definition) is 4. The molecule has 0 radical (unpaired) electrons. The van der Waals surface area contributed by atoms with E-state index in [0.29, 0.717) is 17.3 Å². The minimum absolute atomic E-state index is 0.332. The van der Waals surface area contributed by atoms with Crippen molar-refractivity contribution in [1.82, 2.24) is 9.44 Å². The second-order valence-corrected chi connectivity index (χ2v) is 6.86. The van der Waals surface area contributed by atoms with Crippen LogP contribution in [0.25, 0.3) is 0 Å². The fraction of sp³-hybridized carbons (Fsp3) is 0.889. The Bertz CT molecular complexity index is 352. The van der Waals surface area contributed by atoms with Crippen molar-refractivity contribution in [2.45, 2.75) is 30.5 Å². The second kappa shape index (κ2) is 6.55. The third kappa shape index (κ3) is 5.69. The van der Waals surface area contributed by atoms with Crippen LogP contribution < -0.4 is 9.44 Å². The van der Waals surface area contributed by atoms with Crippen molar-refractivity contribution in [2.24, 2.45) is 5.92 Å². The summed E-state index contributed by atoms with van der Waals surface area (Å²) in [6, 6.07) is 0. The number of carbonyl (C=O) groups excluding carboxylic acids is 1. The maximum absolute atomic E-state index is 11.4. The van der Waals surface area contributed by atoms with E-state index in [9.17, 15) is 13.2 Å². The number of rotatable bonds is 4. The van der Waals surface area contributed by atoms with E-state index in [4.69, 9.17) is 0 Å². The van der Waals surface area contributed by atoms with Gasteiger partial charge in [0.05, 0.1) is 7.11 Å². The Hall–Kier alpha value is -0.340. The van der Waals surface area contributed by atoms with Crippen LogP contribution in [0.5, 0.6) is 0 Å². The van der Waals surface area contributed by atoms with Gasteiger partial charge in [-0.05, 0) is 31.6 Å².